The van der Waals surface area contributed by atoms with E-state index in [1.54, 1.807) is 38.1 Å². The largest absolute Gasteiger partial charge is 0.438 e. The van der Waals surface area contributed by atoms with Crippen LogP contribution in [0, 0.1) is 29.8 Å². The van der Waals surface area contributed by atoms with Crippen molar-refractivity contribution in [3.8, 4) is 5.69 Å². The molecule has 1 heterocycles. The molecule has 0 spiro atoms. The van der Waals surface area contributed by atoms with E-state index in [-0.39, 0.29) is 5.69 Å². The molecule has 3 aromatic rings. The summed E-state index contributed by atoms with van der Waals surface area (Å²) in [7, 11) is 0. The molecule has 25 heavy (non-hydrogen) atoms. The van der Waals surface area contributed by atoms with Crippen molar-refractivity contribution in [3.05, 3.63) is 75.0 Å². The molecule has 0 atom stereocenters. The first-order valence-electron chi connectivity index (χ1n) is 7.31. The van der Waals surface area contributed by atoms with Crippen LogP contribution in [-0.4, -0.2) is 24.9 Å². The maximum absolute atomic E-state index is 13.7. The van der Waals surface area contributed by atoms with E-state index < -0.39 is 22.0 Å². The van der Waals surface area contributed by atoms with Crippen molar-refractivity contribution in [1.82, 2.24) is 14.7 Å². The Labute approximate surface area is 141 Å². The van der Waals surface area contributed by atoms with Gasteiger partial charge in [0.25, 0.3) is 5.49 Å². The van der Waals surface area contributed by atoms with Crippen molar-refractivity contribution in [2.45, 2.75) is 13.8 Å². The normalized spacial score (nSPS) is 11.7. The fourth-order valence-corrected chi connectivity index (χ4v) is 2.29. The van der Waals surface area contributed by atoms with Gasteiger partial charge in [-0.1, -0.05) is 29.1 Å². The number of para-hydroxylation sites is 1. The summed E-state index contributed by atoms with van der Waals surface area (Å²) in [5, 5.41) is 25.5. The summed E-state index contributed by atoms with van der Waals surface area (Å²) in [5.41, 5.74) is 1.33. The maximum Gasteiger partial charge on any atom is 0.438 e. The second kappa shape index (κ2) is 6.19. The van der Waals surface area contributed by atoms with Crippen LogP contribution in [-0.2, 0) is 0 Å². The molecule has 3 rings (SSSR count). The Morgan fingerprint density at radius 1 is 1.20 bits per heavy atom. The quantitative estimate of drug-likeness (QED) is 0.449. The fraction of sp³-hybridized carbons (Fsp3) is 0.125. The zero-order valence-electron chi connectivity index (χ0n) is 13.4. The average molecular weight is 343 g/mol. The molecule has 0 radical (unpaired) electrons. The summed E-state index contributed by atoms with van der Waals surface area (Å²) in [6.07, 6.45) is 0. The Kier molecular flexibility index (Phi) is 4.05. The van der Waals surface area contributed by atoms with Gasteiger partial charge in [0.15, 0.2) is 0 Å². The molecule has 1 N–H and O–H groups in total. The molecule has 0 saturated carbocycles. The van der Waals surface area contributed by atoms with Gasteiger partial charge < -0.3 is 15.3 Å². The SMILES string of the molecule is Cc1ccc(N=c2c([N+](=O)[O-])nn(-c3ccccc3C)n2O)cc1F. The summed E-state index contributed by atoms with van der Waals surface area (Å²) < 4.78 is 13.7. The highest BCUT2D eigenvalue weighted by Crippen LogP contribution is 2.17. The second-order valence-electron chi connectivity index (χ2n) is 5.41. The lowest BCUT2D eigenvalue weighted by Crippen LogP contribution is -2.22. The van der Waals surface area contributed by atoms with Gasteiger partial charge in [-0.25, -0.2) is 9.38 Å². The van der Waals surface area contributed by atoms with Crippen molar-refractivity contribution in [2.75, 3.05) is 0 Å². The molecule has 2 aromatic carbocycles. The van der Waals surface area contributed by atoms with Crippen molar-refractivity contribution in [1.29, 1.82) is 0 Å². The van der Waals surface area contributed by atoms with E-state index in [0.29, 0.717) is 16.1 Å². The van der Waals surface area contributed by atoms with Crippen LogP contribution in [0.5, 0.6) is 0 Å². The van der Waals surface area contributed by atoms with Crippen molar-refractivity contribution >= 4 is 11.5 Å². The highest BCUT2D eigenvalue weighted by atomic mass is 19.1. The Hall–Kier alpha value is -3.49. The summed E-state index contributed by atoms with van der Waals surface area (Å²) in [6.45, 7) is 3.36. The van der Waals surface area contributed by atoms with Crippen LogP contribution >= 0.6 is 0 Å². The van der Waals surface area contributed by atoms with Gasteiger partial charge in [0.1, 0.15) is 11.5 Å². The first-order chi connectivity index (χ1) is 11.9. The molecule has 0 saturated heterocycles. The topological polar surface area (TPSA) is 98.5 Å². The summed E-state index contributed by atoms with van der Waals surface area (Å²) in [5.74, 6) is -1.15. The third kappa shape index (κ3) is 2.99. The van der Waals surface area contributed by atoms with E-state index in [9.17, 15) is 19.7 Å². The van der Waals surface area contributed by atoms with Gasteiger partial charge in [-0.3, -0.25) is 0 Å². The number of benzene rings is 2. The zero-order valence-corrected chi connectivity index (χ0v) is 13.4. The van der Waals surface area contributed by atoms with Gasteiger partial charge >= 0.3 is 5.82 Å². The smallest absolute Gasteiger partial charge is 0.409 e. The molecule has 0 aliphatic heterocycles. The lowest BCUT2D eigenvalue weighted by molar-refractivity contribution is -0.391. The molecule has 1 aromatic heterocycles. The number of rotatable bonds is 3. The number of halogens is 1. The molecule has 9 heteroatoms. The molecule has 0 aliphatic carbocycles. The molecular formula is C16H14FN5O3. The molecule has 0 fully saturated rings. The molecule has 0 aliphatic rings. The summed E-state index contributed by atoms with van der Waals surface area (Å²) in [6, 6.07) is 11.0. The van der Waals surface area contributed by atoms with Crippen LogP contribution < -0.4 is 5.49 Å². The summed E-state index contributed by atoms with van der Waals surface area (Å²) in [4.78, 5) is 16.0. The minimum Gasteiger partial charge on any atom is -0.409 e. The number of nitro groups is 1. The predicted molar refractivity (Wildman–Crippen MR) is 86.5 cm³/mol. The van der Waals surface area contributed by atoms with Crippen LogP contribution in [0.2, 0.25) is 0 Å². The Morgan fingerprint density at radius 2 is 1.92 bits per heavy atom. The van der Waals surface area contributed by atoms with E-state index in [1.165, 1.54) is 12.1 Å². The maximum atomic E-state index is 13.7. The zero-order chi connectivity index (χ0) is 18.1. The van der Waals surface area contributed by atoms with Gasteiger partial charge in [0.05, 0.1) is 10.8 Å². The van der Waals surface area contributed by atoms with Crippen molar-refractivity contribution in [3.63, 3.8) is 0 Å². The number of hydrogen-bond donors (Lipinski definition) is 1. The van der Waals surface area contributed by atoms with Gasteiger partial charge in [0.2, 0.25) is 0 Å². The van der Waals surface area contributed by atoms with Gasteiger partial charge in [-0.2, -0.15) is 0 Å². The molecule has 128 valence electrons. The van der Waals surface area contributed by atoms with Crippen molar-refractivity contribution in [2.24, 2.45) is 4.99 Å². The van der Waals surface area contributed by atoms with Crippen LogP contribution in [0.15, 0.2) is 47.5 Å². The average Bonchev–Trinajstić information content (AvgIpc) is 2.89. The van der Waals surface area contributed by atoms with E-state index >= 15 is 0 Å². The van der Waals surface area contributed by atoms with E-state index in [2.05, 4.69) is 10.1 Å². The molecule has 8 nitrogen and oxygen atoms in total. The minimum absolute atomic E-state index is 0.123. The minimum atomic E-state index is -0.759. The summed E-state index contributed by atoms with van der Waals surface area (Å²) >= 11 is 0. The third-order valence-corrected chi connectivity index (χ3v) is 3.65. The lowest BCUT2D eigenvalue weighted by atomic mass is 10.2. The molecule has 0 bridgehead atoms. The first-order valence-corrected chi connectivity index (χ1v) is 7.31. The number of hydrogen-bond acceptors (Lipinski definition) is 5. The van der Waals surface area contributed by atoms with Crippen LogP contribution in [0.1, 0.15) is 11.1 Å². The van der Waals surface area contributed by atoms with E-state index in [1.807, 2.05) is 0 Å². The monoisotopic (exact) mass is 343 g/mol. The van der Waals surface area contributed by atoms with Crippen molar-refractivity contribution < 1.29 is 14.5 Å². The number of aromatic nitrogens is 3. The van der Waals surface area contributed by atoms with Crippen LogP contribution in [0.3, 0.4) is 0 Å². The Balaban J connectivity index is 2.26. The fourth-order valence-electron chi connectivity index (χ4n) is 2.29. The lowest BCUT2D eigenvalue weighted by Gasteiger charge is -2.03. The molecule has 0 unspecified atom stereocenters. The van der Waals surface area contributed by atoms with Crippen LogP contribution in [0.4, 0.5) is 15.9 Å². The standard InChI is InChI=1S/C16H14FN5O3/c1-10-7-8-12(9-13(10)17)18-15-16(22(24)25)19-20(21(15)23)14-6-4-3-5-11(14)2/h3-9,23H,1-2H3. The Morgan fingerprint density at radius 3 is 2.56 bits per heavy atom. The van der Waals surface area contributed by atoms with Gasteiger partial charge in [0, 0.05) is 0 Å². The number of nitrogens with zero attached hydrogens (tertiary/aromatic N) is 5. The van der Waals surface area contributed by atoms with Gasteiger partial charge in [-0.15, -0.1) is 0 Å². The van der Waals surface area contributed by atoms with Gasteiger partial charge in [-0.05, 0) is 52.9 Å². The third-order valence-electron chi connectivity index (χ3n) is 3.65. The highest BCUT2D eigenvalue weighted by Gasteiger charge is 2.24. The Bertz CT molecular complexity index is 1040. The number of aryl methyl sites for hydroxylation is 2. The second-order valence-corrected chi connectivity index (χ2v) is 5.41. The van der Waals surface area contributed by atoms with E-state index in [0.717, 1.165) is 16.4 Å². The van der Waals surface area contributed by atoms with Crippen LogP contribution in [0.25, 0.3) is 5.69 Å². The predicted octanol–water partition coefficient (Wildman–Crippen LogP) is 2.81. The van der Waals surface area contributed by atoms with E-state index in [4.69, 9.17) is 0 Å². The molecule has 0 amide bonds. The molecular weight excluding hydrogens is 329 g/mol. The highest BCUT2D eigenvalue weighted by molar-refractivity contribution is 5.41. The first kappa shape index (κ1) is 16.4.